The van der Waals surface area contributed by atoms with Gasteiger partial charge in [0.25, 0.3) is 0 Å². The van der Waals surface area contributed by atoms with Crippen molar-refractivity contribution < 1.29 is 23.8 Å². The Morgan fingerprint density at radius 1 is 1.10 bits per heavy atom. The highest BCUT2D eigenvalue weighted by atomic mass is 16.5. The molecule has 1 heterocycles. The van der Waals surface area contributed by atoms with E-state index in [1.165, 1.54) is 0 Å². The van der Waals surface area contributed by atoms with Gasteiger partial charge < -0.3 is 24.8 Å². The number of urea groups is 1. The van der Waals surface area contributed by atoms with Gasteiger partial charge >= 0.3 is 12.0 Å². The van der Waals surface area contributed by atoms with Gasteiger partial charge in [-0.1, -0.05) is 19.1 Å². The van der Waals surface area contributed by atoms with Crippen LogP contribution < -0.4 is 20.1 Å². The number of rotatable bonds is 8. The molecule has 3 rings (SSSR count). The lowest BCUT2D eigenvalue weighted by molar-refractivity contribution is -0.143. The number of hydrogen-bond acceptors (Lipinski definition) is 5. The van der Waals surface area contributed by atoms with E-state index in [0.29, 0.717) is 34.9 Å². The lowest BCUT2D eigenvalue weighted by Crippen LogP contribution is -2.45. The molecule has 1 atom stereocenters. The standard InChI is InChI=1S/C24H28N2O5/c1-5-13-30-19-8-6-7-17(14-19)22-20(23(27)31-15(2)3)21(25-24(28)26-22)16-9-11-18(29-4)12-10-16/h6-12,14-15,22H,5,13H2,1-4H3,(H2,25,26,28). The van der Waals surface area contributed by atoms with Crippen LogP contribution in [0.15, 0.2) is 54.1 Å². The smallest absolute Gasteiger partial charge is 0.338 e. The first-order valence-corrected chi connectivity index (χ1v) is 10.3. The highest BCUT2D eigenvalue weighted by Gasteiger charge is 2.35. The Hall–Kier alpha value is -3.48. The molecule has 0 saturated heterocycles. The number of methoxy groups -OCH3 is 1. The third-order valence-corrected chi connectivity index (χ3v) is 4.68. The fourth-order valence-corrected chi connectivity index (χ4v) is 3.30. The Bertz CT molecular complexity index is 966. The molecular weight excluding hydrogens is 396 g/mol. The number of esters is 1. The lowest BCUT2D eigenvalue weighted by atomic mass is 9.92. The van der Waals surface area contributed by atoms with E-state index in [1.807, 2.05) is 31.2 Å². The van der Waals surface area contributed by atoms with E-state index in [9.17, 15) is 9.59 Å². The lowest BCUT2D eigenvalue weighted by Gasteiger charge is -2.30. The second kappa shape index (κ2) is 10.0. The van der Waals surface area contributed by atoms with Crippen molar-refractivity contribution in [3.63, 3.8) is 0 Å². The van der Waals surface area contributed by atoms with Crippen molar-refractivity contribution in [3.8, 4) is 11.5 Å². The van der Waals surface area contributed by atoms with E-state index in [4.69, 9.17) is 14.2 Å². The van der Waals surface area contributed by atoms with Crippen molar-refractivity contribution in [2.75, 3.05) is 13.7 Å². The number of ether oxygens (including phenoxy) is 3. The summed E-state index contributed by atoms with van der Waals surface area (Å²) in [6.45, 7) is 6.18. The summed E-state index contributed by atoms with van der Waals surface area (Å²) in [5.41, 5.74) is 2.13. The van der Waals surface area contributed by atoms with Crippen LogP contribution >= 0.6 is 0 Å². The molecule has 0 fully saturated rings. The van der Waals surface area contributed by atoms with E-state index in [2.05, 4.69) is 10.6 Å². The minimum atomic E-state index is -0.692. The third-order valence-electron chi connectivity index (χ3n) is 4.68. The number of benzene rings is 2. The van der Waals surface area contributed by atoms with Crippen molar-refractivity contribution >= 4 is 17.7 Å². The molecule has 164 valence electrons. The maximum absolute atomic E-state index is 13.1. The van der Waals surface area contributed by atoms with Crippen molar-refractivity contribution in [1.82, 2.24) is 10.6 Å². The fourth-order valence-electron chi connectivity index (χ4n) is 3.30. The van der Waals surface area contributed by atoms with Gasteiger partial charge in [-0.15, -0.1) is 0 Å². The summed E-state index contributed by atoms with van der Waals surface area (Å²) < 4.78 is 16.5. The Morgan fingerprint density at radius 2 is 1.84 bits per heavy atom. The molecular formula is C24H28N2O5. The number of nitrogens with one attached hydrogen (secondary N) is 2. The van der Waals surface area contributed by atoms with Crippen molar-refractivity contribution in [2.24, 2.45) is 0 Å². The van der Waals surface area contributed by atoms with Crippen LogP contribution in [0.1, 0.15) is 44.4 Å². The summed E-state index contributed by atoms with van der Waals surface area (Å²) in [4.78, 5) is 25.7. The van der Waals surface area contributed by atoms with Crippen LogP contribution in [-0.4, -0.2) is 31.8 Å². The average molecular weight is 424 g/mol. The third kappa shape index (κ3) is 5.36. The van der Waals surface area contributed by atoms with E-state index in [1.54, 1.807) is 45.2 Å². The quantitative estimate of drug-likeness (QED) is 0.621. The number of hydrogen-bond donors (Lipinski definition) is 2. The van der Waals surface area contributed by atoms with Crippen LogP contribution in [0.5, 0.6) is 11.5 Å². The Labute approximate surface area is 182 Å². The maximum atomic E-state index is 13.1. The second-order valence-electron chi connectivity index (χ2n) is 7.42. The fraction of sp³-hybridized carbons (Fsp3) is 0.333. The predicted octanol–water partition coefficient (Wildman–Crippen LogP) is 4.20. The van der Waals surface area contributed by atoms with Crippen LogP contribution in [0, 0.1) is 0 Å². The van der Waals surface area contributed by atoms with Gasteiger partial charge in [0.1, 0.15) is 11.5 Å². The van der Waals surface area contributed by atoms with Gasteiger partial charge in [-0.25, -0.2) is 9.59 Å². The van der Waals surface area contributed by atoms with Crippen LogP contribution in [-0.2, 0) is 9.53 Å². The molecule has 0 bridgehead atoms. The van der Waals surface area contributed by atoms with Crippen LogP contribution in [0.2, 0.25) is 0 Å². The molecule has 31 heavy (non-hydrogen) atoms. The molecule has 2 aromatic rings. The molecule has 1 unspecified atom stereocenters. The number of amides is 2. The molecule has 1 aliphatic rings. The first-order chi connectivity index (χ1) is 14.9. The summed E-state index contributed by atoms with van der Waals surface area (Å²) in [7, 11) is 1.58. The molecule has 2 aromatic carbocycles. The Morgan fingerprint density at radius 3 is 2.48 bits per heavy atom. The highest BCUT2D eigenvalue weighted by molar-refractivity contribution is 6.04. The molecule has 0 spiro atoms. The molecule has 2 amide bonds. The van der Waals surface area contributed by atoms with Crippen molar-refractivity contribution in [1.29, 1.82) is 0 Å². The van der Waals surface area contributed by atoms with Gasteiger partial charge in [0.2, 0.25) is 0 Å². The van der Waals surface area contributed by atoms with E-state index >= 15 is 0 Å². The van der Waals surface area contributed by atoms with Gasteiger partial charge in [0, 0.05) is 0 Å². The minimum Gasteiger partial charge on any atom is -0.497 e. The number of carbonyl (C=O) groups excluding carboxylic acids is 2. The molecule has 0 saturated carbocycles. The normalized spacial score (nSPS) is 15.9. The van der Waals surface area contributed by atoms with Gasteiger partial charge in [0.15, 0.2) is 0 Å². The zero-order valence-electron chi connectivity index (χ0n) is 18.2. The highest BCUT2D eigenvalue weighted by Crippen LogP contribution is 2.34. The minimum absolute atomic E-state index is 0.311. The monoisotopic (exact) mass is 424 g/mol. The van der Waals surface area contributed by atoms with Crippen molar-refractivity contribution in [3.05, 3.63) is 65.2 Å². The van der Waals surface area contributed by atoms with Gasteiger partial charge in [-0.2, -0.15) is 0 Å². The maximum Gasteiger partial charge on any atom is 0.338 e. The average Bonchev–Trinajstić information content (AvgIpc) is 2.76. The summed E-state index contributed by atoms with van der Waals surface area (Å²) in [5.74, 6) is 0.848. The summed E-state index contributed by atoms with van der Waals surface area (Å²) >= 11 is 0. The Balaban J connectivity index is 2.11. The topological polar surface area (TPSA) is 85.9 Å². The Kier molecular flexibility index (Phi) is 7.18. The zero-order valence-corrected chi connectivity index (χ0v) is 18.2. The van der Waals surface area contributed by atoms with E-state index in [-0.39, 0.29) is 6.10 Å². The first kappa shape index (κ1) is 22.2. The molecule has 2 N–H and O–H groups in total. The van der Waals surface area contributed by atoms with E-state index < -0.39 is 18.0 Å². The first-order valence-electron chi connectivity index (χ1n) is 10.3. The van der Waals surface area contributed by atoms with Crippen LogP contribution in [0.3, 0.4) is 0 Å². The van der Waals surface area contributed by atoms with E-state index in [0.717, 1.165) is 12.0 Å². The van der Waals surface area contributed by atoms with Crippen molar-refractivity contribution in [2.45, 2.75) is 39.3 Å². The summed E-state index contributed by atoms with van der Waals surface area (Å²) in [6, 6.07) is 13.4. The van der Waals surface area contributed by atoms with Crippen LogP contribution in [0.4, 0.5) is 4.79 Å². The molecule has 1 aliphatic heterocycles. The number of carbonyl (C=O) groups is 2. The van der Waals surface area contributed by atoms with Gasteiger partial charge in [0.05, 0.1) is 37.1 Å². The predicted molar refractivity (Wildman–Crippen MR) is 118 cm³/mol. The molecule has 0 aromatic heterocycles. The largest absolute Gasteiger partial charge is 0.497 e. The zero-order chi connectivity index (χ0) is 22.4. The molecule has 0 aliphatic carbocycles. The van der Waals surface area contributed by atoms with Gasteiger partial charge in [-0.05, 0) is 67.8 Å². The van der Waals surface area contributed by atoms with Gasteiger partial charge in [-0.3, -0.25) is 0 Å². The van der Waals surface area contributed by atoms with Crippen LogP contribution in [0.25, 0.3) is 5.70 Å². The summed E-state index contributed by atoms with van der Waals surface area (Å²) in [6.07, 6.45) is 0.566. The second-order valence-corrected chi connectivity index (χ2v) is 7.42. The molecule has 7 nitrogen and oxygen atoms in total. The molecule has 7 heteroatoms. The SMILES string of the molecule is CCCOc1cccc(C2NC(=O)NC(c3ccc(OC)cc3)=C2C(=O)OC(C)C)c1. The summed E-state index contributed by atoms with van der Waals surface area (Å²) in [5, 5.41) is 5.63. The molecule has 0 radical (unpaired) electrons.